The van der Waals surface area contributed by atoms with Crippen LogP contribution in [0, 0.1) is 10.1 Å². The fourth-order valence-electron chi connectivity index (χ4n) is 2.51. The van der Waals surface area contributed by atoms with Gasteiger partial charge >= 0.3 is 0 Å². The number of nitro benzene ring substituents is 1. The van der Waals surface area contributed by atoms with Crippen molar-refractivity contribution in [2.24, 2.45) is 5.73 Å². The van der Waals surface area contributed by atoms with Gasteiger partial charge in [-0.15, -0.1) is 0 Å². The summed E-state index contributed by atoms with van der Waals surface area (Å²) >= 11 is 12.0. The summed E-state index contributed by atoms with van der Waals surface area (Å²) in [6.07, 6.45) is 1.25. The van der Waals surface area contributed by atoms with E-state index >= 15 is 0 Å². The third-order valence-electron chi connectivity index (χ3n) is 3.75. The Bertz CT molecular complexity index is 1130. The summed E-state index contributed by atoms with van der Waals surface area (Å²) < 4.78 is 1.20. The Morgan fingerprint density at radius 3 is 2.65 bits per heavy atom. The topological polar surface area (TPSA) is 121 Å². The molecule has 0 spiro atoms. The van der Waals surface area contributed by atoms with Gasteiger partial charge in [0.15, 0.2) is 0 Å². The van der Waals surface area contributed by atoms with Crippen LogP contribution in [0.3, 0.4) is 0 Å². The molecule has 8 nitrogen and oxygen atoms in total. The van der Waals surface area contributed by atoms with E-state index in [4.69, 9.17) is 28.9 Å². The van der Waals surface area contributed by atoms with Crippen LogP contribution in [-0.2, 0) is 6.54 Å². The average molecular weight is 393 g/mol. The van der Waals surface area contributed by atoms with E-state index in [1.165, 1.54) is 35.2 Å². The number of nitrogens with zero attached hydrogens (tertiary/aromatic N) is 3. The monoisotopic (exact) mass is 392 g/mol. The van der Waals surface area contributed by atoms with E-state index in [1.807, 2.05) is 0 Å². The van der Waals surface area contributed by atoms with E-state index < -0.39 is 16.4 Å². The van der Waals surface area contributed by atoms with E-state index in [0.29, 0.717) is 0 Å². The van der Waals surface area contributed by atoms with Gasteiger partial charge in [-0.2, -0.15) is 0 Å². The molecule has 0 fully saturated rings. The van der Waals surface area contributed by atoms with Crippen LogP contribution in [0.15, 0.2) is 41.5 Å². The van der Waals surface area contributed by atoms with Gasteiger partial charge in [0.2, 0.25) is 5.91 Å². The normalized spacial score (nSPS) is 10.8. The minimum Gasteiger partial charge on any atom is -0.366 e. The van der Waals surface area contributed by atoms with Crippen LogP contribution in [0.2, 0.25) is 10.0 Å². The van der Waals surface area contributed by atoms with Gasteiger partial charge in [-0.1, -0.05) is 23.2 Å². The molecule has 0 atom stereocenters. The molecule has 0 aliphatic heterocycles. The maximum atomic E-state index is 12.7. The number of halogens is 2. The van der Waals surface area contributed by atoms with Gasteiger partial charge in [0, 0.05) is 22.2 Å². The van der Waals surface area contributed by atoms with Crippen molar-refractivity contribution in [3.8, 4) is 0 Å². The quantitative estimate of drug-likeness (QED) is 0.540. The molecule has 132 valence electrons. The van der Waals surface area contributed by atoms with Gasteiger partial charge in [0.1, 0.15) is 0 Å². The second-order valence-corrected chi connectivity index (χ2v) is 6.27. The summed E-state index contributed by atoms with van der Waals surface area (Å²) in [6, 6.07) is 6.71. The number of amides is 1. The lowest BCUT2D eigenvalue weighted by Crippen LogP contribution is -2.22. The van der Waals surface area contributed by atoms with Gasteiger partial charge in [-0.3, -0.25) is 24.3 Å². The van der Waals surface area contributed by atoms with Crippen LogP contribution in [-0.4, -0.2) is 20.4 Å². The molecule has 2 N–H and O–H groups in total. The Kier molecular flexibility index (Phi) is 4.62. The van der Waals surface area contributed by atoms with Crippen molar-refractivity contribution in [3.63, 3.8) is 0 Å². The predicted octanol–water partition coefficient (Wildman–Crippen LogP) is 2.76. The smallest absolute Gasteiger partial charge is 0.275 e. The summed E-state index contributed by atoms with van der Waals surface area (Å²) in [5.41, 5.74) is 4.88. The Morgan fingerprint density at radius 1 is 1.27 bits per heavy atom. The molecule has 0 saturated heterocycles. The number of rotatable bonds is 4. The zero-order valence-electron chi connectivity index (χ0n) is 13.0. The molecule has 10 heteroatoms. The van der Waals surface area contributed by atoms with E-state index in [0.717, 1.165) is 6.07 Å². The fourth-order valence-corrected chi connectivity index (χ4v) is 3.05. The summed E-state index contributed by atoms with van der Waals surface area (Å²) in [5.74, 6) is -0.784. The number of hydrogen-bond acceptors (Lipinski definition) is 5. The molecule has 0 aliphatic rings. The van der Waals surface area contributed by atoms with Gasteiger partial charge in [-0.25, -0.2) is 4.98 Å². The van der Waals surface area contributed by atoms with Crippen LogP contribution in [0.25, 0.3) is 10.9 Å². The minimum atomic E-state index is -0.784. The average Bonchev–Trinajstić information content (AvgIpc) is 2.57. The van der Waals surface area contributed by atoms with E-state index in [2.05, 4.69) is 4.98 Å². The highest BCUT2D eigenvalue weighted by molar-refractivity contribution is 6.38. The predicted molar refractivity (Wildman–Crippen MR) is 96.7 cm³/mol. The second kappa shape index (κ2) is 6.74. The summed E-state index contributed by atoms with van der Waals surface area (Å²) in [7, 11) is 0. The van der Waals surface area contributed by atoms with Crippen molar-refractivity contribution in [3.05, 3.63) is 78.3 Å². The number of carbonyl (C=O) groups excluding carboxylic acids is 1. The van der Waals surface area contributed by atoms with Crippen molar-refractivity contribution in [1.29, 1.82) is 0 Å². The summed E-state index contributed by atoms with van der Waals surface area (Å²) in [4.78, 5) is 38.6. The van der Waals surface area contributed by atoms with Crippen LogP contribution in [0.5, 0.6) is 0 Å². The second-order valence-electron chi connectivity index (χ2n) is 5.43. The number of benzene rings is 2. The largest absolute Gasteiger partial charge is 0.366 e. The highest BCUT2D eigenvalue weighted by Gasteiger charge is 2.18. The van der Waals surface area contributed by atoms with E-state index in [-0.39, 0.29) is 44.3 Å². The molecule has 26 heavy (non-hydrogen) atoms. The molecule has 0 unspecified atom stereocenters. The number of primary amides is 1. The first-order valence-corrected chi connectivity index (χ1v) is 7.95. The van der Waals surface area contributed by atoms with Crippen molar-refractivity contribution in [1.82, 2.24) is 9.55 Å². The number of hydrogen-bond donors (Lipinski definition) is 1. The van der Waals surface area contributed by atoms with Crippen LogP contribution in [0.1, 0.15) is 15.9 Å². The number of fused-ring (bicyclic) bond motifs is 1. The van der Waals surface area contributed by atoms with Crippen LogP contribution < -0.4 is 11.3 Å². The zero-order chi connectivity index (χ0) is 19.0. The number of aromatic nitrogens is 2. The first kappa shape index (κ1) is 17.8. The summed E-state index contributed by atoms with van der Waals surface area (Å²) in [6.45, 7) is -0.124. The number of nitrogens with two attached hydrogens (primary N) is 1. The number of nitro groups is 1. The third-order valence-corrected chi connectivity index (χ3v) is 4.26. The molecule has 3 aromatic rings. The maximum Gasteiger partial charge on any atom is 0.275 e. The number of carbonyl (C=O) groups is 1. The Morgan fingerprint density at radius 2 is 2.00 bits per heavy atom. The summed E-state index contributed by atoms with van der Waals surface area (Å²) in [5, 5.41) is 12.0. The Hall–Kier alpha value is -2.97. The van der Waals surface area contributed by atoms with Crippen molar-refractivity contribution in [2.75, 3.05) is 0 Å². The first-order chi connectivity index (χ1) is 12.3. The first-order valence-electron chi connectivity index (χ1n) is 7.19. The molecular weight excluding hydrogens is 383 g/mol. The molecule has 1 heterocycles. The molecule has 3 rings (SSSR count). The standard InChI is InChI=1S/C16H10Cl2N4O4/c17-10-4-11-14(12(18)5-10)20-7-21(16(11)24)6-9-2-1-8(15(19)23)3-13(9)22(25)26/h1-5,7H,6H2,(H2,19,23). The molecule has 0 bridgehead atoms. The van der Waals surface area contributed by atoms with E-state index in [9.17, 15) is 19.7 Å². The van der Waals surface area contributed by atoms with Crippen molar-refractivity contribution in [2.45, 2.75) is 6.54 Å². The zero-order valence-corrected chi connectivity index (χ0v) is 14.5. The Balaban J connectivity index is 2.12. The lowest BCUT2D eigenvalue weighted by Gasteiger charge is -2.09. The fraction of sp³-hybridized carbons (Fsp3) is 0.0625. The van der Waals surface area contributed by atoms with Crippen molar-refractivity contribution >= 4 is 45.7 Å². The maximum absolute atomic E-state index is 12.7. The molecular formula is C16H10Cl2N4O4. The molecule has 0 radical (unpaired) electrons. The molecule has 1 aromatic heterocycles. The highest BCUT2D eigenvalue weighted by atomic mass is 35.5. The minimum absolute atomic E-state index is 0.00278. The molecule has 0 saturated carbocycles. The van der Waals surface area contributed by atoms with Crippen LogP contribution in [0.4, 0.5) is 5.69 Å². The highest BCUT2D eigenvalue weighted by Crippen LogP contribution is 2.25. The van der Waals surface area contributed by atoms with E-state index in [1.54, 1.807) is 0 Å². The SMILES string of the molecule is NC(=O)c1ccc(Cn2cnc3c(Cl)cc(Cl)cc3c2=O)c([N+](=O)[O-])c1. The van der Waals surface area contributed by atoms with Gasteiger partial charge in [-0.05, 0) is 24.3 Å². The van der Waals surface area contributed by atoms with Crippen LogP contribution >= 0.6 is 23.2 Å². The lowest BCUT2D eigenvalue weighted by atomic mass is 10.1. The van der Waals surface area contributed by atoms with Gasteiger partial charge in [0.25, 0.3) is 11.2 Å². The third kappa shape index (κ3) is 3.24. The van der Waals surface area contributed by atoms with Gasteiger partial charge in [0.05, 0.1) is 33.7 Å². The lowest BCUT2D eigenvalue weighted by molar-refractivity contribution is -0.385. The van der Waals surface area contributed by atoms with Gasteiger partial charge < -0.3 is 5.73 Å². The molecule has 2 aromatic carbocycles. The molecule has 1 amide bonds. The van der Waals surface area contributed by atoms with Crippen molar-refractivity contribution < 1.29 is 9.72 Å². The molecule has 0 aliphatic carbocycles. The Labute approximate surface area is 155 Å².